The van der Waals surface area contributed by atoms with E-state index in [0.717, 1.165) is 6.92 Å². The summed E-state index contributed by atoms with van der Waals surface area (Å²) < 4.78 is 54.1. The second-order valence-corrected chi connectivity index (χ2v) is 16.9. The minimum absolute atomic E-state index is 0.0322. The van der Waals surface area contributed by atoms with Gasteiger partial charge in [-0.05, 0) is 67.1 Å². The zero-order valence-corrected chi connectivity index (χ0v) is 38.3. The highest BCUT2D eigenvalue weighted by molar-refractivity contribution is 6.08. The van der Waals surface area contributed by atoms with E-state index in [1.54, 1.807) is 80.4 Å². The van der Waals surface area contributed by atoms with Crippen molar-refractivity contribution in [3.05, 3.63) is 24.5 Å². The van der Waals surface area contributed by atoms with Gasteiger partial charge < -0.3 is 38.4 Å². The van der Waals surface area contributed by atoms with Gasteiger partial charge in [0.1, 0.15) is 36.0 Å². The predicted octanol–water partition coefficient (Wildman–Crippen LogP) is 4.29. The lowest BCUT2D eigenvalue weighted by Gasteiger charge is -2.45. The number of pyridine rings is 1. The highest BCUT2D eigenvalue weighted by Gasteiger charge is 2.61. The number of amides is 1. The first kappa shape index (κ1) is 50.1. The van der Waals surface area contributed by atoms with E-state index in [0.29, 0.717) is 23.6 Å². The third kappa shape index (κ3) is 10.5. The Labute approximate surface area is 364 Å². The topological polar surface area (TPSA) is 194 Å². The lowest BCUT2D eigenvalue weighted by atomic mass is 9.73. The normalized spacial score (nSPS) is 31.3. The minimum atomic E-state index is -3.22. The Morgan fingerprint density at radius 2 is 1.71 bits per heavy atom. The van der Waals surface area contributed by atoms with E-state index in [-0.39, 0.29) is 38.3 Å². The fourth-order valence-corrected chi connectivity index (χ4v) is 8.92. The zero-order chi connectivity index (χ0) is 46.3. The van der Waals surface area contributed by atoms with Crippen LogP contribution in [0.15, 0.2) is 24.5 Å². The third-order valence-corrected chi connectivity index (χ3v) is 12.4. The zero-order valence-electron chi connectivity index (χ0n) is 38.3. The van der Waals surface area contributed by atoms with Crippen LogP contribution in [0.4, 0.5) is 9.18 Å². The third-order valence-electron chi connectivity index (χ3n) is 12.4. The summed E-state index contributed by atoms with van der Waals surface area (Å²) in [5.74, 6) is 0.431. The fraction of sp³-hybridized carbons (Fsp3) is 0.705. The number of methoxy groups -OCH3 is 2. The number of aromatic nitrogens is 4. The van der Waals surface area contributed by atoms with Gasteiger partial charge in [0.25, 0.3) is 5.67 Å². The molecule has 62 heavy (non-hydrogen) atoms. The van der Waals surface area contributed by atoms with Crippen molar-refractivity contribution < 1.29 is 57.1 Å². The summed E-state index contributed by atoms with van der Waals surface area (Å²) in [5, 5.41) is 19.9. The average molecular weight is 873 g/mol. The van der Waals surface area contributed by atoms with Crippen LogP contribution in [-0.4, -0.2) is 154 Å². The van der Waals surface area contributed by atoms with Gasteiger partial charge in [-0.1, -0.05) is 51.7 Å². The van der Waals surface area contributed by atoms with Gasteiger partial charge in [-0.3, -0.25) is 19.5 Å². The van der Waals surface area contributed by atoms with E-state index in [1.807, 2.05) is 11.8 Å². The molecule has 1 N–H and O–H groups in total. The number of cyclic esters (lactones) is 1. The standard InChI is InChI=1S/C44H65FN6O11/c1-14-32(49(10)11)35(53)39(59-16-3)61-38-28(6)37(54)43(8,45)40(55)60-33(15-2)44(9)36(27(5)34(52)26(4)24-42(38,7)58-13)51(41(56)62-44)22-18-17-21-50-25-31(47-48-50)30-23-29(57-12)19-20-46-30/h19-20,23,25-28,32-33,35-36,38-39,53H,14-16,21-22,24H2,1-13H3/t26-,27+,28+,32?,33-,35?,36-,38-,39+,42-,43+,44-/m1/s1. The molecule has 0 spiro atoms. The van der Waals surface area contributed by atoms with Crippen molar-refractivity contribution in [1.82, 2.24) is 29.8 Å². The number of carbonyl (C=O) groups excluding carboxylic acids is 4. The molecule has 2 unspecified atom stereocenters. The summed E-state index contributed by atoms with van der Waals surface area (Å²) in [6.07, 6.45) is -2.27. The summed E-state index contributed by atoms with van der Waals surface area (Å²) in [5.41, 5.74) is -5.37. The molecule has 2 aromatic rings. The van der Waals surface area contributed by atoms with Crippen LogP contribution < -0.4 is 4.74 Å². The number of halogens is 1. The molecule has 0 aliphatic carbocycles. The Morgan fingerprint density at radius 3 is 2.31 bits per heavy atom. The Morgan fingerprint density at radius 1 is 1.03 bits per heavy atom. The highest BCUT2D eigenvalue weighted by atomic mass is 19.1. The number of ether oxygens (including phenoxy) is 6. The van der Waals surface area contributed by atoms with Crippen molar-refractivity contribution in [1.29, 1.82) is 0 Å². The summed E-state index contributed by atoms with van der Waals surface area (Å²) in [6.45, 7) is 14.0. The van der Waals surface area contributed by atoms with Gasteiger partial charge in [-0.2, -0.15) is 0 Å². The molecule has 17 nitrogen and oxygen atoms in total. The molecule has 4 rings (SSSR count). The summed E-state index contributed by atoms with van der Waals surface area (Å²) >= 11 is 0. The number of carbonyl (C=O) groups is 4. The predicted molar refractivity (Wildman–Crippen MR) is 224 cm³/mol. The molecule has 0 aromatic carbocycles. The van der Waals surface area contributed by atoms with Gasteiger partial charge in [0.05, 0.1) is 43.3 Å². The monoisotopic (exact) mass is 872 g/mol. The Kier molecular flexibility index (Phi) is 16.8. The molecule has 344 valence electrons. The lowest BCUT2D eigenvalue weighted by molar-refractivity contribution is -0.266. The molecule has 0 saturated carbocycles. The maximum absolute atomic E-state index is 16.9. The van der Waals surface area contributed by atoms with Gasteiger partial charge in [0, 0.05) is 49.8 Å². The quantitative estimate of drug-likeness (QED) is 0.122. The second-order valence-electron chi connectivity index (χ2n) is 16.9. The van der Waals surface area contributed by atoms with Gasteiger partial charge in [0.15, 0.2) is 17.7 Å². The molecule has 1 amide bonds. The van der Waals surface area contributed by atoms with E-state index in [2.05, 4.69) is 27.1 Å². The second kappa shape index (κ2) is 20.8. The molecule has 2 saturated heterocycles. The van der Waals surface area contributed by atoms with Crippen LogP contribution in [-0.2, 0) is 44.6 Å². The number of aliphatic hydroxyl groups is 1. The number of alkyl halides is 1. The number of rotatable bonds is 14. The van der Waals surface area contributed by atoms with Crippen molar-refractivity contribution in [2.45, 2.75) is 142 Å². The summed E-state index contributed by atoms with van der Waals surface area (Å²) in [7, 11) is 6.52. The van der Waals surface area contributed by atoms with Gasteiger partial charge in [-0.15, -0.1) is 5.10 Å². The number of likely N-dealkylation sites (N-methyl/N-ethyl adjacent to an activating group) is 1. The number of hydrogen-bond acceptors (Lipinski definition) is 15. The SMILES string of the molecule is CCO[C@@H](O[C@@H]1[C@@H](C)C(=O)[C@](C)(F)C(=O)O[C@H](CC)[C@@]2(C)OC(=O)N(CC#CCn3cc(-c4cc(OC)ccn4)nn3)[C@@H]2[C@@H](C)C(=O)[C@H](C)C[C@@]1(C)OC)C(O)C(CC)N(C)C. The van der Waals surface area contributed by atoms with E-state index in [9.17, 15) is 24.3 Å². The molecule has 4 heterocycles. The van der Waals surface area contributed by atoms with Crippen LogP contribution in [0.1, 0.15) is 81.6 Å². The van der Waals surface area contributed by atoms with Crippen LogP contribution in [0.5, 0.6) is 5.75 Å². The summed E-state index contributed by atoms with van der Waals surface area (Å²) in [6, 6.07) is 1.93. The van der Waals surface area contributed by atoms with Crippen molar-refractivity contribution in [3.8, 4) is 29.0 Å². The van der Waals surface area contributed by atoms with E-state index >= 15 is 4.39 Å². The average Bonchev–Trinajstić information content (AvgIpc) is 3.82. The first-order valence-corrected chi connectivity index (χ1v) is 21.2. The lowest BCUT2D eigenvalue weighted by Crippen LogP contribution is -2.61. The Hall–Kier alpha value is -4.54. The van der Waals surface area contributed by atoms with Gasteiger partial charge >= 0.3 is 12.1 Å². The molecule has 0 radical (unpaired) electrons. The number of nitrogens with zero attached hydrogens (tertiary/aromatic N) is 6. The van der Waals surface area contributed by atoms with E-state index < -0.39 is 89.2 Å². The highest BCUT2D eigenvalue weighted by Crippen LogP contribution is 2.43. The number of hydrogen-bond donors (Lipinski definition) is 1. The number of Topliss-reactive ketones (excluding diaryl/α,β-unsaturated/α-hetero) is 2. The largest absolute Gasteiger partial charge is 0.497 e. The molecule has 18 heteroatoms. The fourth-order valence-electron chi connectivity index (χ4n) is 8.92. The number of ketones is 2. The Bertz CT molecular complexity index is 1950. The van der Waals surface area contributed by atoms with Crippen LogP contribution in [0.2, 0.25) is 0 Å². The van der Waals surface area contributed by atoms with Crippen molar-refractivity contribution in [3.63, 3.8) is 0 Å². The molecule has 2 aliphatic rings. The molecule has 0 bridgehead atoms. The van der Waals surface area contributed by atoms with Crippen LogP contribution in [0.3, 0.4) is 0 Å². The first-order chi connectivity index (χ1) is 29.1. The van der Waals surface area contributed by atoms with E-state index in [1.165, 1.54) is 30.5 Å². The molecule has 2 fully saturated rings. The molecule has 12 atom stereocenters. The molecular weight excluding hydrogens is 808 g/mol. The Balaban J connectivity index is 1.74. The summed E-state index contributed by atoms with van der Waals surface area (Å²) in [4.78, 5) is 64.2. The number of esters is 1. The smallest absolute Gasteiger partial charge is 0.411 e. The number of aliphatic hydroxyl groups excluding tert-OH is 1. The van der Waals surface area contributed by atoms with E-state index in [4.69, 9.17) is 28.4 Å². The first-order valence-electron chi connectivity index (χ1n) is 21.2. The minimum Gasteiger partial charge on any atom is -0.497 e. The molecule has 2 aromatic heterocycles. The van der Waals surface area contributed by atoms with Crippen molar-refractivity contribution in [2.24, 2.45) is 17.8 Å². The van der Waals surface area contributed by atoms with Crippen LogP contribution in [0, 0.1) is 29.6 Å². The van der Waals surface area contributed by atoms with Crippen LogP contribution >= 0.6 is 0 Å². The van der Waals surface area contributed by atoms with Gasteiger partial charge in [0.2, 0.25) is 0 Å². The molecule has 2 aliphatic heterocycles. The van der Waals surface area contributed by atoms with Crippen molar-refractivity contribution >= 4 is 23.6 Å². The number of fused-ring (bicyclic) bond motifs is 1. The van der Waals surface area contributed by atoms with Crippen LogP contribution in [0.25, 0.3) is 11.4 Å². The maximum Gasteiger partial charge on any atom is 0.411 e. The maximum atomic E-state index is 16.9. The van der Waals surface area contributed by atoms with Gasteiger partial charge in [-0.25, -0.2) is 18.7 Å². The molecular formula is C44H65FN6O11. The van der Waals surface area contributed by atoms with Crippen molar-refractivity contribution in [2.75, 3.05) is 41.5 Å².